The third-order valence-electron chi connectivity index (χ3n) is 4.06. The maximum atomic E-state index is 13.0. The van der Waals surface area contributed by atoms with Crippen LogP contribution < -0.4 is 10.6 Å². The topological polar surface area (TPSA) is 71.1 Å². The molecule has 0 radical (unpaired) electrons. The average molecular weight is 397 g/mol. The smallest absolute Gasteiger partial charge is 0.267 e. The Morgan fingerprint density at radius 3 is 2.36 bits per heavy atom. The Bertz CT molecular complexity index is 982. The van der Waals surface area contributed by atoms with E-state index in [1.165, 1.54) is 23.5 Å². The standard InChI is InChI=1S/C21H20FN3O2S/c1-3-23-20(26)15-6-10-17(11-7-15)25-21(27)19-13(2)24-18(28-19)12-14-4-8-16(22)9-5-14/h4-11H,3,12H2,1-2H3,(H,23,26)(H,25,27). The number of rotatable bonds is 6. The van der Waals surface area contributed by atoms with E-state index in [0.29, 0.717) is 34.8 Å². The van der Waals surface area contributed by atoms with E-state index in [-0.39, 0.29) is 17.6 Å². The second kappa shape index (κ2) is 8.75. The first kappa shape index (κ1) is 19.7. The molecule has 0 fully saturated rings. The lowest BCUT2D eigenvalue weighted by Gasteiger charge is -2.06. The molecule has 3 rings (SSSR count). The summed E-state index contributed by atoms with van der Waals surface area (Å²) in [5, 5.41) is 6.35. The van der Waals surface area contributed by atoms with Crippen molar-refractivity contribution in [3.05, 3.63) is 81.1 Å². The van der Waals surface area contributed by atoms with Gasteiger partial charge in [0.2, 0.25) is 0 Å². The van der Waals surface area contributed by atoms with Gasteiger partial charge in [0.05, 0.1) is 10.7 Å². The number of amides is 2. The van der Waals surface area contributed by atoms with Crippen molar-refractivity contribution in [2.24, 2.45) is 0 Å². The molecule has 0 atom stereocenters. The van der Waals surface area contributed by atoms with Crippen molar-refractivity contribution in [3.8, 4) is 0 Å². The van der Waals surface area contributed by atoms with Gasteiger partial charge in [0.25, 0.3) is 11.8 Å². The number of nitrogens with one attached hydrogen (secondary N) is 2. The number of benzene rings is 2. The first-order valence-electron chi connectivity index (χ1n) is 8.86. The van der Waals surface area contributed by atoms with E-state index in [1.54, 1.807) is 43.3 Å². The number of hydrogen-bond donors (Lipinski definition) is 2. The molecule has 28 heavy (non-hydrogen) atoms. The lowest BCUT2D eigenvalue weighted by atomic mass is 10.1. The summed E-state index contributed by atoms with van der Waals surface area (Å²) in [6.07, 6.45) is 0.542. The van der Waals surface area contributed by atoms with Gasteiger partial charge in [-0.3, -0.25) is 9.59 Å². The summed E-state index contributed by atoms with van der Waals surface area (Å²) in [5.74, 6) is -0.674. The van der Waals surface area contributed by atoms with Crippen LogP contribution in [0.1, 0.15) is 43.2 Å². The van der Waals surface area contributed by atoms with E-state index in [4.69, 9.17) is 0 Å². The molecule has 0 bridgehead atoms. The minimum absolute atomic E-state index is 0.149. The quantitative estimate of drug-likeness (QED) is 0.655. The summed E-state index contributed by atoms with van der Waals surface area (Å²) < 4.78 is 13.0. The summed E-state index contributed by atoms with van der Waals surface area (Å²) in [4.78, 5) is 29.4. The van der Waals surface area contributed by atoms with Crippen molar-refractivity contribution >= 4 is 28.8 Å². The predicted molar refractivity (Wildman–Crippen MR) is 108 cm³/mol. The Morgan fingerprint density at radius 2 is 1.71 bits per heavy atom. The van der Waals surface area contributed by atoms with E-state index >= 15 is 0 Å². The summed E-state index contributed by atoms with van der Waals surface area (Å²) in [6.45, 7) is 4.20. The molecule has 144 valence electrons. The Kier molecular flexibility index (Phi) is 6.16. The molecule has 2 amide bonds. The first-order valence-corrected chi connectivity index (χ1v) is 9.68. The van der Waals surface area contributed by atoms with Gasteiger partial charge in [0, 0.05) is 24.2 Å². The molecule has 0 aliphatic rings. The van der Waals surface area contributed by atoms with Crippen molar-refractivity contribution in [3.63, 3.8) is 0 Å². The number of carbonyl (C=O) groups is 2. The van der Waals surface area contributed by atoms with Gasteiger partial charge in [-0.2, -0.15) is 0 Å². The number of anilines is 1. The van der Waals surface area contributed by atoms with Crippen molar-refractivity contribution < 1.29 is 14.0 Å². The van der Waals surface area contributed by atoms with E-state index < -0.39 is 0 Å². The van der Waals surface area contributed by atoms with Crippen LogP contribution in [0.3, 0.4) is 0 Å². The van der Waals surface area contributed by atoms with E-state index in [9.17, 15) is 14.0 Å². The van der Waals surface area contributed by atoms with Gasteiger partial charge in [-0.05, 0) is 55.8 Å². The van der Waals surface area contributed by atoms with Gasteiger partial charge < -0.3 is 10.6 Å². The van der Waals surface area contributed by atoms with Crippen LogP contribution in [-0.2, 0) is 6.42 Å². The molecule has 7 heteroatoms. The van der Waals surface area contributed by atoms with Crippen LogP contribution in [-0.4, -0.2) is 23.3 Å². The van der Waals surface area contributed by atoms with Crippen LogP contribution in [0.5, 0.6) is 0 Å². The third kappa shape index (κ3) is 4.80. The molecule has 1 aromatic heterocycles. The summed E-state index contributed by atoms with van der Waals surface area (Å²) in [5.41, 5.74) is 2.72. The summed E-state index contributed by atoms with van der Waals surface area (Å²) >= 11 is 1.32. The molecule has 0 aliphatic carbocycles. The van der Waals surface area contributed by atoms with Gasteiger partial charge in [0.1, 0.15) is 10.7 Å². The number of aryl methyl sites for hydroxylation is 1. The highest BCUT2D eigenvalue weighted by Crippen LogP contribution is 2.22. The highest BCUT2D eigenvalue weighted by Gasteiger charge is 2.16. The minimum atomic E-state index is -0.280. The van der Waals surface area contributed by atoms with E-state index in [1.807, 2.05) is 6.92 Å². The van der Waals surface area contributed by atoms with Crippen LogP contribution in [0.4, 0.5) is 10.1 Å². The molecule has 5 nitrogen and oxygen atoms in total. The number of carbonyl (C=O) groups excluding carboxylic acids is 2. The molecule has 3 aromatic rings. The molecule has 1 heterocycles. The summed E-state index contributed by atoms with van der Waals surface area (Å²) in [7, 11) is 0. The highest BCUT2D eigenvalue weighted by molar-refractivity contribution is 7.14. The van der Waals surface area contributed by atoms with Crippen LogP contribution in [0.15, 0.2) is 48.5 Å². The molecule has 0 unspecified atom stereocenters. The number of nitrogens with zero attached hydrogens (tertiary/aromatic N) is 1. The molecule has 2 N–H and O–H groups in total. The number of aromatic nitrogens is 1. The largest absolute Gasteiger partial charge is 0.352 e. The number of halogens is 1. The first-order chi connectivity index (χ1) is 13.5. The monoisotopic (exact) mass is 397 g/mol. The van der Waals surface area contributed by atoms with Gasteiger partial charge in [-0.1, -0.05) is 12.1 Å². The fourth-order valence-corrected chi connectivity index (χ4v) is 3.66. The second-order valence-electron chi connectivity index (χ2n) is 6.22. The molecule has 0 saturated heterocycles. The lowest BCUT2D eigenvalue weighted by Crippen LogP contribution is -2.22. The van der Waals surface area contributed by atoms with Gasteiger partial charge in [-0.25, -0.2) is 9.37 Å². The Labute approximate surface area is 166 Å². The molecule has 0 spiro atoms. The van der Waals surface area contributed by atoms with Crippen LogP contribution >= 0.6 is 11.3 Å². The SMILES string of the molecule is CCNC(=O)c1ccc(NC(=O)c2sc(Cc3ccc(F)cc3)nc2C)cc1. The number of hydrogen-bond acceptors (Lipinski definition) is 4. The van der Waals surface area contributed by atoms with Gasteiger partial charge >= 0.3 is 0 Å². The highest BCUT2D eigenvalue weighted by atomic mass is 32.1. The minimum Gasteiger partial charge on any atom is -0.352 e. The molecular weight excluding hydrogens is 377 g/mol. The van der Waals surface area contributed by atoms with Crippen LogP contribution in [0.25, 0.3) is 0 Å². The van der Waals surface area contributed by atoms with Gasteiger partial charge in [-0.15, -0.1) is 11.3 Å². The predicted octanol–water partition coefficient (Wildman–Crippen LogP) is 4.18. The lowest BCUT2D eigenvalue weighted by molar-refractivity contribution is 0.0955. The van der Waals surface area contributed by atoms with E-state index in [0.717, 1.165) is 10.6 Å². The Balaban J connectivity index is 1.68. The van der Waals surface area contributed by atoms with Crippen LogP contribution in [0.2, 0.25) is 0 Å². The molecule has 2 aromatic carbocycles. The molecule has 0 saturated carbocycles. The summed E-state index contributed by atoms with van der Waals surface area (Å²) in [6, 6.07) is 13.0. The third-order valence-corrected chi connectivity index (χ3v) is 5.21. The van der Waals surface area contributed by atoms with E-state index in [2.05, 4.69) is 15.6 Å². The van der Waals surface area contributed by atoms with Crippen molar-refractivity contribution in [2.45, 2.75) is 20.3 Å². The average Bonchev–Trinajstić information content (AvgIpc) is 3.04. The molecule has 0 aliphatic heterocycles. The van der Waals surface area contributed by atoms with Crippen molar-refractivity contribution in [1.82, 2.24) is 10.3 Å². The van der Waals surface area contributed by atoms with Crippen molar-refractivity contribution in [1.29, 1.82) is 0 Å². The maximum absolute atomic E-state index is 13.0. The normalized spacial score (nSPS) is 10.5. The molecular formula is C21H20FN3O2S. The van der Waals surface area contributed by atoms with Gasteiger partial charge in [0.15, 0.2) is 0 Å². The number of thiazole rings is 1. The zero-order chi connectivity index (χ0) is 20.1. The van der Waals surface area contributed by atoms with Crippen molar-refractivity contribution in [2.75, 3.05) is 11.9 Å². The Morgan fingerprint density at radius 1 is 1.04 bits per heavy atom. The zero-order valence-corrected chi connectivity index (χ0v) is 16.4. The fourth-order valence-electron chi connectivity index (χ4n) is 2.67. The second-order valence-corrected chi connectivity index (χ2v) is 7.30. The Hall–Kier alpha value is -3.06. The zero-order valence-electron chi connectivity index (χ0n) is 15.6. The maximum Gasteiger partial charge on any atom is 0.267 e. The van der Waals surface area contributed by atoms with Crippen LogP contribution in [0, 0.1) is 12.7 Å². The fraction of sp³-hybridized carbons (Fsp3) is 0.190.